The van der Waals surface area contributed by atoms with Gasteiger partial charge in [-0.05, 0) is 49.9 Å². The Balaban J connectivity index is 2.77. The fourth-order valence-electron chi connectivity index (χ4n) is 2.11. The van der Waals surface area contributed by atoms with Crippen molar-refractivity contribution in [1.82, 2.24) is 10.0 Å². The Morgan fingerprint density at radius 1 is 1.00 bits per heavy atom. The van der Waals surface area contributed by atoms with Crippen LogP contribution >= 0.6 is 0 Å². The molecule has 0 saturated carbocycles. The number of nitrogens with one attached hydrogen (secondary N) is 2. The van der Waals surface area contributed by atoms with Gasteiger partial charge in [0.15, 0.2) is 0 Å². The highest BCUT2D eigenvalue weighted by Crippen LogP contribution is 2.21. The Kier molecular flexibility index (Phi) is 7.35. The lowest BCUT2D eigenvalue weighted by Gasteiger charge is -2.21. The molecule has 2 N–H and O–H groups in total. The first-order valence-corrected chi connectivity index (χ1v) is 9.23. The van der Waals surface area contributed by atoms with Crippen LogP contribution in [0.3, 0.4) is 0 Å². The molecule has 0 saturated heterocycles. The van der Waals surface area contributed by atoms with Crippen LogP contribution in [-0.4, -0.2) is 27.5 Å². The predicted octanol–water partition coefficient (Wildman–Crippen LogP) is 2.87. The molecular formula is C16H28N2O2S. The largest absolute Gasteiger partial charge is 0.314 e. The average Bonchev–Trinajstić information content (AvgIpc) is 2.50. The molecule has 120 valence electrons. The van der Waals surface area contributed by atoms with Gasteiger partial charge in [0.2, 0.25) is 10.0 Å². The second kappa shape index (κ2) is 8.51. The molecule has 0 aliphatic rings. The lowest BCUT2D eigenvalue weighted by Crippen LogP contribution is -2.31. The summed E-state index contributed by atoms with van der Waals surface area (Å²) < 4.78 is 26.6. The van der Waals surface area contributed by atoms with E-state index < -0.39 is 10.0 Å². The summed E-state index contributed by atoms with van der Waals surface area (Å²) >= 11 is 0. The molecule has 0 fully saturated rings. The molecule has 0 heterocycles. The van der Waals surface area contributed by atoms with Crippen LogP contribution in [0.1, 0.15) is 52.0 Å². The van der Waals surface area contributed by atoms with Gasteiger partial charge in [-0.1, -0.05) is 32.9 Å². The zero-order valence-electron chi connectivity index (χ0n) is 13.5. The summed E-state index contributed by atoms with van der Waals surface area (Å²) in [5.41, 5.74) is 1.15. The van der Waals surface area contributed by atoms with Crippen molar-refractivity contribution < 1.29 is 8.42 Å². The van der Waals surface area contributed by atoms with Gasteiger partial charge in [-0.2, -0.15) is 0 Å². The van der Waals surface area contributed by atoms with E-state index >= 15 is 0 Å². The molecule has 0 spiro atoms. The number of sulfonamides is 1. The van der Waals surface area contributed by atoms with E-state index in [0.717, 1.165) is 24.9 Å². The van der Waals surface area contributed by atoms with Crippen LogP contribution < -0.4 is 10.0 Å². The van der Waals surface area contributed by atoms with Crippen LogP contribution in [0.5, 0.6) is 0 Å². The standard InChI is InChI=1S/C16H28N2O2S/c1-5-11-17-14(4)13(3)15-7-9-16(10-8-15)21(19,20)18-12-6-2/h7-10,13-14,17-18H,5-6,11-12H2,1-4H3. The van der Waals surface area contributed by atoms with E-state index in [9.17, 15) is 8.42 Å². The van der Waals surface area contributed by atoms with Gasteiger partial charge in [-0.3, -0.25) is 0 Å². The lowest BCUT2D eigenvalue weighted by atomic mass is 9.94. The second-order valence-electron chi connectivity index (χ2n) is 5.50. The van der Waals surface area contributed by atoms with Crippen molar-refractivity contribution in [2.45, 2.75) is 57.4 Å². The minimum Gasteiger partial charge on any atom is -0.314 e. The normalized spacial score (nSPS) is 14.9. The maximum Gasteiger partial charge on any atom is 0.240 e. The van der Waals surface area contributed by atoms with Crippen LogP contribution in [-0.2, 0) is 10.0 Å². The molecule has 21 heavy (non-hydrogen) atoms. The molecule has 4 nitrogen and oxygen atoms in total. The summed E-state index contributed by atoms with van der Waals surface area (Å²) in [6.07, 6.45) is 1.90. The monoisotopic (exact) mass is 312 g/mol. The molecule has 0 radical (unpaired) electrons. The third kappa shape index (κ3) is 5.41. The maximum atomic E-state index is 12.0. The third-order valence-electron chi connectivity index (χ3n) is 3.72. The minimum absolute atomic E-state index is 0.334. The highest BCUT2D eigenvalue weighted by Gasteiger charge is 2.16. The molecule has 0 bridgehead atoms. The van der Waals surface area contributed by atoms with Crippen molar-refractivity contribution in [2.24, 2.45) is 0 Å². The first kappa shape index (κ1) is 18.1. The molecule has 1 rings (SSSR count). The summed E-state index contributed by atoms with van der Waals surface area (Å²) in [4.78, 5) is 0.334. The van der Waals surface area contributed by atoms with Gasteiger partial charge in [0, 0.05) is 12.6 Å². The minimum atomic E-state index is -3.36. The SMILES string of the molecule is CCCNC(C)C(C)c1ccc(S(=O)(=O)NCCC)cc1. The van der Waals surface area contributed by atoms with E-state index in [1.165, 1.54) is 0 Å². The Morgan fingerprint density at radius 3 is 2.10 bits per heavy atom. The zero-order valence-corrected chi connectivity index (χ0v) is 14.3. The van der Waals surface area contributed by atoms with E-state index in [0.29, 0.717) is 23.4 Å². The summed E-state index contributed by atoms with van der Waals surface area (Å²) in [7, 11) is -3.36. The number of hydrogen-bond acceptors (Lipinski definition) is 3. The van der Waals surface area contributed by atoms with Crippen LogP contribution in [0.15, 0.2) is 29.2 Å². The van der Waals surface area contributed by atoms with Gasteiger partial charge >= 0.3 is 0 Å². The van der Waals surface area contributed by atoms with Gasteiger partial charge in [0.05, 0.1) is 4.90 Å². The predicted molar refractivity (Wildman–Crippen MR) is 88.1 cm³/mol. The summed E-state index contributed by atoms with van der Waals surface area (Å²) in [6, 6.07) is 7.57. The fraction of sp³-hybridized carbons (Fsp3) is 0.625. The molecule has 0 aliphatic carbocycles. The van der Waals surface area contributed by atoms with Gasteiger partial charge < -0.3 is 5.32 Å². The highest BCUT2D eigenvalue weighted by molar-refractivity contribution is 7.89. The van der Waals surface area contributed by atoms with Crippen molar-refractivity contribution in [3.8, 4) is 0 Å². The molecule has 1 aromatic carbocycles. The molecule has 0 aromatic heterocycles. The number of benzene rings is 1. The van der Waals surface area contributed by atoms with Gasteiger partial charge in [0.1, 0.15) is 0 Å². The number of rotatable bonds is 9. The highest BCUT2D eigenvalue weighted by atomic mass is 32.2. The third-order valence-corrected chi connectivity index (χ3v) is 5.20. The van der Waals surface area contributed by atoms with Crippen LogP contribution in [0.4, 0.5) is 0 Å². The van der Waals surface area contributed by atoms with Gasteiger partial charge in [0.25, 0.3) is 0 Å². The van der Waals surface area contributed by atoms with E-state index in [-0.39, 0.29) is 0 Å². The first-order chi connectivity index (χ1) is 9.92. The second-order valence-corrected chi connectivity index (χ2v) is 7.27. The Labute approximate surface area is 129 Å². The smallest absolute Gasteiger partial charge is 0.240 e. The van der Waals surface area contributed by atoms with Gasteiger partial charge in [-0.25, -0.2) is 13.1 Å². The Morgan fingerprint density at radius 2 is 1.57 bits per heavy atom. The summed E-state index contributed by atoms with van der Waals surface area (Å²) in [5.74, 6) is 0.344. The molecule has 0 aliphatic heterocycles. The average molecular weight is 312 g/mol. The molecule has 2 atom stereocenters. The molecule has 0 amide bonds. The Bertz CT molecular complexity index is 512. The van der Waals surface area contributed by atoms with E-state index in [1.54, 1.807) is 12.1 Å². The first-order valence-electron chi connectivity index (χ1n) is 7.75. The van der Waals surface area contributed by atoms with Crippen LogP contribution in [0.2, 0.25) is 0 Å². The fourth-order valence-corrected chi connectivity index (χ4v) is 3.24. The van der Waals surface area contributed by atoms with Crippen LogP contribution in [0, 0.1) is 0 Å². The van der Waals surface area contributed by atoms with Crippen molar-refractivity contribution in [1.29, 1.82) is 0 Å². The van der Waals surface area contributed by atoms with E-state index in [2.05, 4.69) is 30.8 Å². The lowest BCUT2D eigenvalue weighted by molar-refractivity contribution is 0.481. The van der Waals surface area contributed by atoms with E-state index in [4.69, 9.17) is 0 Å². The van der Waals surface area contributed by atoms with Crippen molar-refractivity contribution in [3.63, 3.8) is 0 Å². The maximum absolute atomic E-state index is 12.0. The zero-order chi connectivity index (χ0) is 15.9. The van der Waals surface area contributed by atoms with E-state index in [1.807, 2.05) is 19.1 Å². The van der Waals surface area contributed by atoms with Crippen molar-refractivity contribution >= 4 is 10.0 Å². The number of hydrogen-bond donors (Lipinski definition) is 2. The van der Waals surface area contributed by atoms with Gasteiger partial charge in [-0.15, -0.1) is 0 Å². The summed E-state index contributed by atoms with van der Waals surface area (Å²) in [5, 5.41) is 3.47. The quantitative estimate of drug-likeness (QED) is 0.737. The Hall–Kier alpha value is -0.910. The van der Waals surface area contributed by atoms with Crippen molar-refractivity contribution in [2.75, 3.05) is 13.1 Å². The van der Waals surface area contributed by atoms with Crippen LogP contribution in [0.25, 0.3) is 0 Å². The molecule has 1 aromatic rings. The van der Waals surface area contributed by atoms with Crippen molar-refractivity contribution in [3.05, 3.63) is 29.8 Å². The molecule has 5 heteroatoms. The molecular weight excluding hydrogens is 284 g/mol. The summed E-state index contributed by atoms with van der Waals surface area (Å²) in [6.45, 7) is 9.88. The topological polar surface area (TPSA) is 58.2 Å². The molecule has 2 unspecified atom stereocenters.